The van der Waals surface area contributed by atoms with Gasteiger partial charge in [0, 0.05) is 26.4 Å². The fourth-order valence-electron chi connectivity index (χ4n) is 1.88. The predicted octanol–water partition coefficient (Wildman–Crippen LogP) is 0.674. The topological polar surface area (TPSA) is 64.3 Å². The van der Waals surface area contributed by atoms with E-state index in [9.17, 15) is 0 Å². The molecular weight excluding hydrogens is 192 g/mol. The van der Waals surface area contributed by atoms with E-state index >= 15 is 0 Å². The van der Waals surface area contributed by atoms with Crippen molar-refractivity contribution in [3.63, 3.8) is 0 Å². The lowest BCUT2D eigenvalue weighted by Gasteiger charge is -2.32. The van der Waals surface area contributed by atoms with Gasteiger partial charge in [0.1, 0.15) is 5.82 Å². The largest absolute Gasteiger partial charge is 0.380 e. The zero-order valence-corrected chi connectivity index (χ0v) is 8.89. The number of nitrogens with two attached hydrogens (primary N) is 1. The smallest absolute Gasteiger partial charge is 0.221 e. The normalized spacial score (nSPS) is 21.7. The highest BCUT2D eigenvalue weighted by Crippen LogP contribution is 2.18. The van der Waals surface area contributed by atoms with Gasteiger partial charge < -0.3 is 15.4 Å². The van der Waals surface area contributed by atoms with Gasteiger partial charge in [0.15, 0.2) is 0 Å². The zero-order valence-electron chi connectivity index (χ0n) is 8.89. The highest BCUT2D eigenvalue weighted by Gasteiger charge is 2.20. The lowest BCUT2D eigenvalue weighted by atomic mass is 10.1. The van der Waals surface area contributed by atoms with Crippen LogP contribution in [0.2, 0.25) is 0 Å². The molecule has 2 heterocycles. The molecule has 1 aliphatic rings. The molecule has 2 rings (SSSR count). The Hall–Kier alpha value is -1.36. The minimum absolute atomic E-state index is 0.301. The minimum Gasteiger partial charge on any atom is -0.380 e. The zero-order chi connectivity index (χ0) is 10.7. The molecule has 1 aromatic heterocycles. The van der Waals surface area contributed by atoms with Crippen LogP contribution in [0.4, 0.5) is 11.8 Å². The third-order valence-electron chi connectivity index (χ3n) is 2.69. The van der Waals surface area contributed by atoms with Crippen LogP contribution in [0.1, 0.15) is 12.8 Å². The van der Waals surface area contributed by atoms with Crippen molar-refractivity contribution in [1.29, 1.82) is 0 Å². The Balaban J connectivity index is 2.09. The Labute approximate surface area is 89.3 Å². The quantitative estimate of drug-likeness (QED) is 0.774. The number of ether oxygens (including phenoxy) is 1. The van der Waals surface area contributed by atoms with Gasteiger partial charge in [0.05, 0.1) is 6.10 Å². The first-order valence-corrected chi connectivity index (χ1v) is 5.16. The summed E-state index contributed by atoms with van der Waals surface area (Å²) in [5, 5.41) is 0. The lowest BCUT2D eigenvalue weighted by molar-refractivity contribution is 0.0891. The summed E-state index contributed by atoms with van der Waals surface area (Å²) in [5.41, 5.74) is 5.55. The molecule has 0 spiro atoms. The van der Waals surface area contributed by atoms with Gasteiger partial charge >= 0.3 is 0 Å². The number of anilines is 2. The van der Waals surface area contributed by atoms with E-state index in [1.807, 2.05) is 6.07 Å². The molecule has 0 aromatic carbocycles. The molecule has 0 bridgehead atoms. The maximum atomic E-state index is 5.55. The van der Waals surface area contributed by atoms with Crippen molar-refractivity contribution >= 4 is 11.8 Å². The van der Waals surface area contributed by atoms with Crippen molar-refractivity contribution in [3.8, 4) is 0 Å². The Bertz CT molecular complexity index is 331. The van der Waals surface area contributed by atoms with Crippen LogP contribution in [0.15, 0.2) is 12.3 Å². The van der Waals surface area contributed by atoms with Crippen molar-refractivity contribution in [2.24, 2.45) is 0 Å². The average molecular weight is 208 g/mol. The van der Waals surface area contributed by atoms with Crippen molar-refractivity contribution in [2.45, 2.75) is 18.9 Å². The van der Waals surface area contributed by atoms with Crippen LogP contribution >= 0.6 is 0 Å². The molecule has 1 atom stereocenters. The Morgan fingerprint density at radius 1 is 1.60 bits per heavy atom. The summed E-state index contributed by atoms with van der Waals surface area (Å²) in [6.45, 7) is 1.89. The summed E-state index contributed by atoms with van der Waals surface area (Å²) in [6.07, 6.45) is 4.24. The molecule has 1 aliphatic heterocycles. The Morgan fingerprint density at radius 2 is 2.47 bits per heavy atom. The molecule has 0 aliphatic carbocycles. The fraction of sp³-hybridized carbons (Fsp3) is 0.600. The lowest BCUT2D eigenvalue weighted by Crippen LogP contribution is -2.39. The van der Waals surface area contributed by atoms with Crippen molar-refractivity contribution in [1.82, 2.24) is 9.97 Å². The summed E-state index contributed by atoms with van der Waals surface area (Å²) < 4.78 is 5.36. The standard InChI is InChI=1S/C10H16N4O/c1-15-8-3-2-6-14(7-8)9-4-5-12-10(11)13-9/h4-5,8H,2-3,6-7H2,1H3,(H2,11,12,13). The maximum absolute atomic E-state index is 5.55. The van der Waals surface area contributed by atoms with Crippen LogP contribution < -0.4 is 10.6 Å². The first-order valence-electron chi connectivity index (χ1n) is 5.16. The van der Waals surface area contributed by atoms with Crippen LogP contribution in [-0.4, -0.2) is 36.3 Å². The second kappa shape index (κ2) is 4.44. The number of hydrogen-bond donors (Lipinski definition) is 1. The summed E-state index contributed by atoms with van der Waals surface area (Å²) >= 11 is 0. The highest BCUT2D eigenvalue weighted by molar-refractivity contribution is 5.41. The first-order chi connectivity index (χ1) is 7.29. The van der Waals surface area contributed by atoms with Crippen LogP contribution in [0.25, 0.3) is 0 Å². The van der Waals surface area contributed by atoms with E-state index in [1.165, 1.54) is 0 Å². The molecule has 1 fully saturated rings. The first kappa shape index (κ1) is 10.2. The van der Waals surface area contributed by atoms with Crippen molar-refractivity contribution in [3.05, 3.63) is 12.3 Å². The monoisotopic (exact) mass is 208 g/mol. The molecule has 15 heavy (non-hydrogen) atoms. The van der Waals surface area contributed by atoms with Gasteiger partial charge in [-0.25, -0.2) is 4.98 Å². The van der Waals surface area contributed by atoms with E-state index in [2.05, 4.69) is 14.9 Å². The number of rotatable bonds is 2. The van der Waals surface area contributed by atoms with E-state index in [4.69, 9.17) is 10.5 Å². The van der Waals surface area contributed by atoms with Crippen LogP contribution in [-0.2, 0) is 4.74 Å². The van der Waals surface area contributed by atoms with Crippen molar-refractivity contribution < 1.29 is 4.74 Å². The van der Waals surface area contributed by atoms with Crippen LogP contribution in [0.5, 0.6) is 0 Å². The van der Waals surface area contributed by atoms with Gasteiger partial charge in [-0.2, -0.15) is 4.98 Å². The van der Waals surface area contributed by atoms with E-state index < -0.39 is 0 Å². The molecule has 1 aromatic rings. The summed E-state index contributed by atoms with van der Waals surface area (Å²) in [5.74, 6) is 1.22. The number of methoxy groups -OCH3 is 1. The molecule has 0 amide bonds. The SMILES string of the molecule is COC1CCCN(c2ccnc(N)n2)C1. The third-order valence-corrected chi connectivity index (χ3v) is 2.69. The predicted molar refractivity (Wildman–Crippen MR) is 58.7 cm³/mol. The molecule has 0 radical (unpaired) electrons. The number of nitrogen functional groups attached to an aromatic ring is 1. The van der Waals surface area contributed by atoms with E-state index in [0.29, 0.717) is 12.1 Å². The van der Waals surface area contributed by atoms with Gasteiger partial charge in [-0.1, -0.05) is 0 Å². The van der Waals surface area contributed by atoms with E-state index in [0.717, 1.165) is 31.7 Å². The van der Waals surface area contributed by atoms with Gasteiger partial charge in [0.25, 0.3) is 0 Å². The number of hydrogen-bond acceptors (Lipinski definition) is 5. The maximum Gasteiger partial charge on any atom is 0.221 e. The molecule has 5 nitrogen and oxygen atoms in total. The fourth-order valence-corrected chi connectivity index (χ4v) is 1.88. The number of nitrogens with zero attached hydrogens (tertiary/aromatic N) is 3. The molecule has 0 saturated carbocycles. The van der Waals surface area contributed by atoms with Gasteiger partial charge in [-0.05, 0) is 18.9 Å². The minimum atomic E-state index is 0.301. The van der Waals surface area contributed by atoms with E-state index in [1.54, 1.807) is 13.3 Å². The van der Waals surface area contributed by atoms with Gasteiger partial charge in [-0.3, -0.25) is 0 Å². The molecule has 5 heteroatoms. The van der Waals surface area contributed by atoms with Gasteiger partial charge in [-0.15, -0.1) is 0 Å². The third kappa shape index (κ3) is 2.36. The Kier molecular flexibility index (Phi) is 3.01. The molecule has 1 saturated heterocycles. The molecule has 1 unspecified atom stereocenters. The molecule has 2 N–H and O–H groups in total. The second-order valence-electron chi connectivity index (χ2n) is 3.72. The van der Waals surface area contributed by atoms with Gasteiger partial charge in [0.2, 0.25) is 5.95 Å². The summed E-state index contributed by atoms with van der Waals surface area (Å²) in [6, 6.07) is 1.88. The average Bonchev–Trinajstić information content (AvgIpc) is 2.29. The second-order valence-corrected chi connectivity index (χ2v) is 3.72. The van der Waals surface area contributed by atoms with E-state index in [-0.39, 0.29) is 0 Å². The number of aromatic nitrogens is 2. The molecule has 82 valence electrons. The van der Waals surface area contributed by atoms with Crippen molar-refractivity contribution in [2.75, 3.05) is 30.8 Å². The summed E-state index contributed by atoms with van der Waals surface area (Å²) in [7, 11) is 1.75. The molecular formula is C10H16N4O. The number of piperidine rings is 1. The van der Waals surface area contributed by atoms with Crippen LogP contribution in [0.3, 0.4) is 0 Å². The highest BCUT2D eigenvalue weighted by atomic mass is 16.5. The Morgan fingerprint density at radius 3 is 3.20 bits per heavy atom. The summed E-state index contributed by atoms with van der Waals surface area (Å²) in [4.78, 5) is 10.3. The van der Waals surface area contributed by atoms with Crippen LogP contribution in [0, 0.1) is 0 Å².